The zero-order valence-corrected chi connectivity index (χ0v) is 11.9. The molecule has 1 heterocycles. The van der Waals surface area contributed by atoms with Crippen molar-refractivity contribution in [3.05, 3.63) is 36.0 Å². The molecular weight excluding hydrogens is 252 g/mol. The first kappa shape index (κ1) is 14.3. The van der Waals surface area contributed by atoms with Gasteiger partial charge < -0.3 is 16.0 Å². The molecule has 1 aromatic carbocycles. The number of nitrogen functional groups attached to an aromatic ring is 1. The predicted octanol–water partition coefficient (Wildman–Crippen LogP) is 1.50. The first-order valence-electron chi connectivity index (χ1n) is 6.66. The standard InChI is InChI=1S/C15H20N4O/c1-19(2)10-4-9-17-15(20)13-8-7-11-5-3-6-12(16)14(11)18-13/h3,5-8H,4,9-10,16H2,1-2H3,(H,17,20). The molecule has 0 aliphatic heterocycles. The summed E-state index contributed by atoms with van der Waals surface area (Å²) in [6.45, 7) is 1.58. The van der Waals surface area contributed by atoms with Crippen LogP contribution in [0.1, 0.15) is 16.9 Å². The Kier molecular flexibility index (Phi) is 4.53. The minimum absolute atomic E-state index is 0.158. The first-order valence-corrected chi connectivity index (χ1v) is 6.66. The van der Waals surface area contributed by atoms with Crippen LogP contribution in [0.2, 0.25) is 0 Å². The average Bonchev–Trinajstić information content (AvgIpc) is 2.43. The predicted molar refractivity (Wildman–Crippen MR) is 81.7 cm³/mol. The summed E-state index contributed by atoms with van der Waals surface area (Å²) < 4.78 is 0. The summed E-state index contributed by atoms with van der Waals surface area (Å²) in [6.07, 6.45) is 0.911. The lowest BCUT2D eigenvalue weighted by Crippen LogP contribution is -2.27. The van der Waals surface area contributed by atoms with Crippen LogP contribution in [0.4, 0.5) is 5.69 Å². The van der Waals surface area contributed by atoms with Gasteiger partial charge in [-0.15, -0.1) is 0 Å². The number of anilines is 1. The molecule has 3 N–H and O–H groups in total. The van der Waals surface area contributed by atoms with Gasteiger partial charge in [-0.3, -0.25) is 4.79 Å². The molecule has 0 saturated carbocycles. The minimum atomic E-state index is -0.158. The highest BCUT2D eigenvalue weighted by Crippen LogP contribution is 2.18. The molecule has 5 nitrogen and oxygen atoms in total. The van der Waals surface area contributed by atoms with Gasteiger partial charge in [0.25, 0.3) is 5.91 Å². The quantitative estimate of drug-likeness (QED) is 0.639. The van der Waals surface area contributed by atoms with Gasteiger partial charge in [-0.05, 0) is 39.2 Å². The van der Waals surface area contributed by atoms with Gasteiger partial charge in [0.05, 0.1) is 11.2 Å². The number of hydrogen-bond acceptors (Lipinski definition) is 4. The molecule has 106 valence electrons. The third kappa shape index (κ3) is 3.45. The van der Waals surface area contributed by atoms with Gasteiger partial charge in [0.15, 0.2) is 0 Å². The van der Waals surface area contributed by atoms with Crippen LogP contribution in [0.5, 0.6) is 0 Å². The minimum Gasteiger partial charge on any atom is -0.397 e. The van der Waals surface area contributed by atoms with Gasteiger partial charge in [-0.1, -0.05) is 18.2 Å². The number of rotatable bonds is 5. The van der Waals surface area contributed by atoms with Crippen LogP contribution in [0.15, 0.2) is 30.3 Å². The Morgan fingerprint density at radius 3 is 2.85 bits per heavy atom. The summed E-state index contributed by atoms with van der Waals surface area (Å²) >= 11 is 0. The van der Waals surface area contributed by atoms with Gasteiger partial charge in [0.1, 0.15) is 5.69 Å². The van der Waals surface area contributed by atoms with Crippen molar-refractivity contribution in [3.8, 4) is 0 Å². The second-order valence-electron chi connectivity index (χ2n) is 5.03. The number of nitrogens with one attached hydrogen (secondary N) is 1. The van der Waals surface area contributed by atoms with Crippen molar-refractivity contribution in [2.75, 3.05) is 32.9 Å². The number of amides is 1. The zero-order chi connectivity index (χ0) is 14.5. The van der Waals surface area contributed by atoms with Crippen molar-refractivity contribution in [2.24, 2.45) is 0 Å². The maximum absolute atomic E-state index is 12.0. The number of pyridine rings is 1. The Morgan fingerprint density at radius 1 is 1.30 bits per heavy atom. The van der Waals surface area contributed by atoms with Crippen LogP contribution in [-0.2, 0) is 0 Å². The molecule has 0 atom stereocenters. The van der Waals surface area contributed by atoms with E-state index in [2.05, 4.69) is 15.2 Å². The van der Waals surface area contributed by atoms with E-state index in [0.29, 0.717) is 23.4 Å². The highest BCUT2D eigenvalue weighted by atomic mass is 16.1. The molecule has 20 heavy (non-hydrogen) atoms. The summed E-state index contributed by atoms with van der Waals surface area (Å²) in [6, 6.07) is 9.18. The number of fused-ring (bicyclic) bond motifs is 1. The van der Waals surface area contributed by atoms with E-state index in [-0.39, 0.29) is 5.91 Å². The van der Waals surface area contributed by atoms with E-state index in [4.69, 9.17) is 5.73 Å². The number of aromatic nitrogens is 1. The largest absolute Gasteiger partial charge is 0.397 e. The maximum atomic E-state index is 12.0. The lowest BCUT2D eigenvalue weighted by molar-refractivity contribution is 0.0947. The Balaban J connectivity index is 2.05. The fourth-order valence-electron chi connectivity index (χ4n) is 1.98. The van der Waals surface area contributed by atoms with E-state index in [1.54, 1.807) is 12.1 Å². The van der Waals surface area contributed by atoms with Crippen LogP contribution in [0, 0.1) is 0 Å². The summed E-state index contributed by atoms with van der Waals surface area (Å²) in [5.41, 5.74) is 7.55. The van der Waals surface area contributed by atoms with Crippen LogP contribution in [0.25, 0.3) is 10.9 Å². The second kappa shape index (κ2) is 6.34. The number of nitrogens with zero attached hydrogens (tertiary/aromatic N) is 2. The molecule has 0 unspecified atom stereocenters. The van der Waals surface area contributed by atoms with E-state index in [1.807, 2.05) is 32.3 Å². The van der Waals surface area contributed by atoms with Gasteiger partial charge >= 0.3 is 0 Å². The highest BCUT2D eigenvalue weighted by Gasteiger charge is 2.08. The molecule has 0 saturated heterocycles. The van der Waals surface area contributed by atoms with Crippen molar-refractivity contribution in [3.63, 3.8) is 0 Å². The van der Waals surface area contributed by atoms with E-state index in [9.17, 15) is 4.79 Å². The summed E-state index contributed by atoms with van der Waals surface area (Å²) in [5.74, 6) is -0.158. The molecule has 1 aromatic heterocycles. The normalized spacial score (nSPS) is 10.9. The Hall–Kier alpha value is -2.14. The van der Waals surface area contributed by atoms with Crippen molar-refractivity contribution in [1.29, 1.82) is 0 Å². The number of hydrogen-bond donors (Lipinski definition) is 2. The number of nitrogens with two attached hydrogens (primary N) is 1. The van der Waals surface area contributed by atoms with Crippen LogP contribution >= 0.6 is 0 Å². The average molecular weight is 272 g/mol. The molecule has 5 heteroatoms. The number of carbonyl (C=O) groups excluding carboxylic acids is 1. The molecule has 2 aromatic rings. The van der Waals surface area contributed by atoms with Gasteiger partial charge in [-0.25, -0.2) is 4.98 Å². The van der Waals surface area contributed by atoms with Gasteiger partial charge in [0.2, 0.25) is 0 Å². The molecule has 0 bridgehead atoms. The zero-order valence-electron chi connectivity index (χ0n) is 11.9. The van der Waals surface area contributed by atoms with Crippen molar-refractivity contribution in [1.82, 2.24) is 15.2 Å². The van der Waals surface area contributed by atoms with Crippen LogP contribution < -0.4 is 11.1 Å². The van der Waals surface area contributed by atoms with Crippen molar-refractivity contribution in [2.45, 2.75) is 6.42 Å². The summed E-state index contributed by atoms with van der Waals surface area (Å²) in [5, 5.41) is 3.81. The van der Waals surface area contributed by atoms with Gasteiger partial charge in [0, 0.05) is 11.9 Å². The van der Waals surface area contributed by atoms with E-state index in [1.165, 1.54) is 0 Å². The molecule has 0 fully saturated rings. The lowest BCUT2D eigenvalue weighted by atomic mass is 10.1. The van der Waals surface area contributed by atoms with E-state index in [0.717, 1.165) is 18.4 Å². The third-order valence-corrected chi connectivity index (χ3v) is 3.05. The number of para-hydroxylation sites is 1. The fourth-order valence-corrected chi connectivity index (χ4v) is 1.98. The Labute approximate surface area is 118 Å². The van der Waals surface area contributed by atoms with Crippen LogP contribution in [-0.4, -0.2) is 43.0 Å². The topological polar surface area (TPSA) is 71.2 Å². The Morgan fingerprint density at radius 2 is 2.10 bits per heavy atom. The lowest BCUT2D eigenvalue weighted by Gasteiger charge is -2.10. The molecular formula is C15H20N4O. The third-order valence-electron chi connectivity index (χ3n) is 3.05. The second-order valence-corrected chi connectivity index (χ2v) is 5.03. The van der Waals surface area contributed by atoms with Crippen LogP contribution in [0.3, 0.4) is 0 Å². The van der Waals surface area contributed by atoms with Gasteiger partial charge in [-0.2, -0.15) is 0 Å². The molecule has 0 radical (unpaired) electrons. The molecule has 0 spiro atoms. The van der Waals surface area contributed by atoms with Crippen molar-refractivity contribution < 1.29 is 4.79 Å². The fraction of sp³-hybridized carbons (Fsp3) is 0.333. The number of benzene rings is 1. The van der Waals surface area contributed by atoms with Crippen molar-refractivity contribution >= 4 is 22.5 Å². The summed E-state index contributed by atoms with van der Waals surface area (Å²) in [7, 11) is 4.02. The van der Waals surface area contributed by atoms with E-state index >= 15 is 0 Å². The SMILES string of the molecule is CN(C)CCCNC(=O)c1ccc2cccc(N)c2n1. The molecule has 0 aliphatic rings. The number of carbonyl (C=O) groups is 1. The van der Waals surface area contributed by atoms with E-state index < -0.39 is 0 Å². The summed E-state index contributed by atoms with van der Waals surface area (Å²) in [4.78, 5) is 18.4. The smallest absolute Gasteiger partial charge is 0.269 e. The molecule has 1 amide bonds. The molecule has 2 rings (SSSR count). The maximum Gasteiger partial charge on any atom is 0.269 e. The highest BCUT2D eigenvalue weighted by molar-refractivity contribution is 5.97. The monoisotopic (exact) mass is 272 g/mol. The molecule has 0 aliphatic carbocycles. The Bertz CT molecular complexity index is 610. The first-order chi connectivity index (χ1) is 9.58.